The predicted octanol–water partition coefficient (Wildman–Crippen LogP) is 5.52. The smallest absolute Gasteiger partial charge is 0.502 e. The molecule has 0 aromatic rings. The van der Waals surface area contributed by atoms with Crippen molar-refractivity contribution < 1.29 is 34.3 Å². The standard InChI is InChI=1S/C25H74N16OP5.C22H66ClN15P5.C6H19N4P.C3H9NO.2ClH/c1-31(2)44(32(3)4,26-24-25-42-23)27-43(28-45(33(5)6,34(7)8)35(9)10,29-46(36(11)12,37(13)14)38(15)16)30-47(39(17)18,40(19)20)41(21)22;1-28(2)39(23,29(3)4)24-40(25-41(30(5)6,31(7)8)32(9)10,26-42(33(11)12,34(13)14)35(15)16)27-43(36(17)18,37(19)20)38(21)22;1-8(2)11(7,9(3)4)10(5)6;1-5-3-2-4;;/h26H,24-25H2,1-23H3;1-22H3;7H,1-6H3;2-4H2,1H3;2*1H/q2*+1;;;;/p-2. The number of nitrogens with one attached hydrogen (secondary N) is 2. The fourth-order valence-corrected chi connectivity index (χ4v) is 60.7. The molecule has 0 aromatic carbocycles. The number of rotatable bonds is 39. The Balaban J connectivity index is -0.000000393. The second kappa shape index (κ2) is 51.4. The van der Waals surface area contributed by atoms with Gasteiger partial charge in [-0.2, -0.15) is 0 Å². The first-order valence-corrected chi connectivity index (χ1v) is 53.0. The molecule has 0 aliphatic heterocycles. The van der Waals surface area contributed by atoms with Crippen LogP contribution in [0.25, 0.3) is 0 Å². The largest absolute Gasteiger partial charge is 1.00 e. The third-order valence-corrected chi connectivity index (χ3v) is 61.7. The summed E-state index contributed by atoms with van der Waals surface area (Å²) in [6, 6.07) is 0. The summed E-state index contributed by atoms with van der Waals surface area (Å²) in [5.41, 5.74) is 5.01. The summed E-state index contributed by atoms with van der Waals surface area (Å²) in [5, 5.41) is 12.0. The molecule has 108 heavy (non-hydrogen) atoms. The molecule has 0 bridgehead atoms. The van der Waals surface area contributed by atoms with Gasteiger partial charge >= 0.3 is 15.7 Å². The van der Waals surface area contributed by atoms with Gasteiger partial charge < -0.3 is 40.0 Å². The van der Waals surface area contributed by atoms with Crippen LogP contribution < -0.4 is 35.6 Å². The quantitative estimate of drug-likeness (QED) is 0.0505. The molecule has 660 valence electrons. The zero-order valence-electron chi connectivity index (χ0n) is 78.0. The number of hydrogen-bond donors (Lipinski definition) is 3. The molecule has 0 heterocycles. The minimum Gasteiger partial charge on any atom is -1.00 e. The van der Waals surface area contributed by atoms with E-state index in [1.807, 2.05) is 93.8 Å². The van der Waals surface area contributed by atoms with Crippen molar-refractivity contribution in [2.75, 3.05) is 393 Å². The maximum Gasteiger partial charge on any atom is 0.502 e. The highest BCUT2D eigenvalue weighted by molar-refractivity contribution is 7.95. The molecule has 0 saturated carbocycles. The average Bonchev–Trinajstić information content (AvgIpc) is 0.731. The van der Waals surface area contributed by atoms with E-state index in [0.29, 0.717) is 26.3 Å². The van der Waals surface area contributed by atoms with E-state index >= 15 is 0 Å². The topological polar surface area (TPSA) is 260 Å². The molecule has 0 rings (SSSR count). The first-order chi connectivity index (χ1) is 47.7. The van der Waals surface area contributed by atoms with Crippen LogP contribution in [-0.2, 0) is 9.47 Å². The molecule has 0 aliphatic rings. The highest BCUT2D eigenvalue weighted by Crippen LogP contribution is 2.88. The molecule has 0 aliphatic carbocycles. The molecule has 0 saturated heterocycles. The van der Waals surface area contributed by atoms with Gasteiger partial charge in [-0.3, -0.25) is 24.3 Å². The first kappa shape index (κ1) is 121. The molecule has 0 spiro atoms. The Labute approximate surface area is 685 Å². The van der Waals surface area contributed by atoms with E-state index < -0.39 is 82.5 Å². The van der Waals surface area contributed by atoms with Crippen LogP contribution in [0.1, 0.15) is 0 Å². The van der Waals surface area contributed by atoms with Gasteiger partial charge in [-0.05, 0) is 400 Å². The van der Waals surface area contributed by atoms with Gasteiger partial charge in [0.1, 0.15) is 0 Å². The molecule has 38 nitrogen and oxygen atoms in total. The fraction of sp³-hybridized carbons (Fsp3) is 1.00. The highest BCUT2D eigenvalue weighted by atomic mass is 35.7. The molecule has 0 radical (unpaired) electrons. The lowest BCUT2D eigenvalue weighted by Gasteiger charge is -2.43. The van der Waals surface area contributed by atoms with Crippen molar-refractivity contribution in [1.29, 1.82) is 5.16 Å². The normalized spacial score (nSPS) is 14.0. The van der Waals surface area contributed by atoms with Crippen molar-refractivity contribution in [3.05, 3.63) is 0 Å². The van der Waals surface area contributed by atoms with Crippen molar-refractivity contribution in [2.45, 2.75) is 0 Å². The zero-order chi connectivity index (χ0) is 85.5. The number of halogens is 3. The highest BCUT2D eigenvalue weighted by Gasteiger charge is 2.59. The number of nitrogens with two attached hydrogens (primary N) is 1. The fourth-order valence-electron chi connectivity index (χ4n) is 12.2. The van der Waals surface area contributed by atoms with Crippen molar-refractivity contribution >= 4 is 93.7 Å². The van der Waals surface area contributed by atoms with Gasteiger partial charge in [0.15, 0.2) is 7.51 Å². The Bertz CT molecular complexity index is 2670. The summed E-state index contributed by atoms with van der Waals surface area (Å²) >= 11 is 7.65. The predicted molar refractivity (Wildman–Crippen MR) is 487 cm³/mol. The van der Waals surface area contributed by atoms with Gasteiger partial charge in [-0.25, -0.2) is 103 Å². The van der Waals surface area contributed by atoms with Gasteiger partial charge in [0.25, 0.3) is 0 Å². The van der Waals surface area contributed by atoms with Crippen LogP contribution in [0.5, 0.6) is 0 Å². The molecular weight excluding hydrogens is 1660 g/mol. The van der Waals surface area contributed by atoms with Gasteiger partial charge in [0.05, 0.1) is 13.2 Å². The lowest BCUT2D eigenvalue weighted by Crippen LogP contribution is -3.00. The Morgan fingerprint density at radius 2 is 0.435 bits per heavy atom. The third-order valence-electron chi connectivity index (χ3n) is 16.3. The summed E-state index contributed by atoms with van der Waals surface area (Å²) in [6.45, 7) is -0.421. The van der Waals surface area contributed by atoms with Crippen LogP contribution in [0, 0.1) is 5.16 Å². The number of methoxy groups -OCH3 is 2. The molecule has 4 N–H and O–H groups in total. The third kappa shape index (κ3) is 28.9. The molecular formula is C56H168Cl3N36O2P11. The second-order valence-corrected chi connectivity index (χ2v) is 68.8. The summed E-state index contributed by atoms with van der Waals surface area (Å²) in [7, 11) is 79.1. The summed E-state index contributed by atoms with van der Waals surface area (Å²) in [6.07, 6.45) is 0. The lowest BCUT2D eigenvalue weighted by molar-refractivity contribution is -0.00100. The SMILES string of the molecule is CN(C)P(=N)(N(C)C)N(C)C.CN(C)P(Cl)(=N[P+](N=P(N(C)C)(N(C)C)N(C)C)(N=P(N(C)C)(N(C)C)N(C)C)N=P(N(C)C)(N(C)C)N(C)C)N(C)C.COCCN.COCCNP(=N[P+](N=P(N(C)C)(N(C)C)N(C)C)(N=P(N(C)C)(N(C)C)N(C)C)N=P(N(C)C)(N(C)C)N(C)C)(N(C)C)N(C)C.[Cl-].[Cl-]. The van der Waals surface area contributed by atoms with Crippen LogP contribution in [-0.4, -0.2) is 510 Å². The Morgan fingerprint density at radius 1 is 0.269 bits per heavy atom. The zero-order valence-corrected chi connectivity index (χ0v) is 90.1. The van der Waals surface area contributed by atoms with E-state index in [0.717, 1.165) is 0 Å². The molecule has 0 fully saturated rings. The van der Waals surface area contributed by atoms with Crippen LogP contribution in [0.15, 0.2) is 36.1 Å². The molecule has 52 heteroatoms. The van der Waals surface area contributed by atoms with Crippen LogP contribution in [0.2, 0.25) is 0 Å². The summed E-state index contributed by atoms with van der Waals surface area (Å²) in [4.78, 5) is 0. The second-order valence-electron chi connectivity index (χ2n) is 29.5. The van der Waals surface area contributed by atoms with Gasteiger partial charge in [0, 0.05) is 27.3 Å². The maximum atomic E-state index is 8.17. The number of nitrogens with zero attached hydrogens (tertiary/aromatic N) is 33. The van der Waals surface area contributed by atoms with Crippen molar-refractivity contribution in [1.82, 2.24) is 122 Å². The summed E-state index contributed by atoms with van der Waals surface area (Å²) in [5.74, 6) is 0. The van der Waals surface area contributed by atoms with E-state index in [1.54, 1.807) is 14.2 Å². The maximum absolute atomic E-state index is 8.17. The van der Waals surface area contributed by atoms with Gasteiger partial charge in [0.2, 0.25) is 59.3 Å². The molecule has 0 aromatic heterocycles. The van der Waals surface area contributed by atoms with Crippen LogP contribution in [0.3, 0.4) is 0 Å². The molecule has 0 atom stereocenters. The van der Waals surface area contributed by atoms with Crippen molar-refractivity contribution in [3.63, 3.8) is 0 Å². The Morgan fingerprint density at radius 3 is 0.537 bits per heavy atom. The minimum absolute atomic E-state index is 0. The van der Waals surface area contributed by atoms with E-state index in [9.17, 15) is 0 Å². The van der Waals surface area contributed by atoms with E-state index in [4.69, 9.17) is 63.0 Å². The molecule has 0 amide bonds. The average molecular weight is 1830 g/mol. The summed E-state index contributed by atoms with van der Waals surface area (Å²) < 4.78 is 112. The Kier molecular flexibility index (Phi) is 57.8. The van der Waals surface area contributed by atoms with E-state index in [1.165, 1.54) is 0 Å². The van der Waals surface area contributed by atoms with Crippen LogP contribution >= 0.6 is 93.7 Å². The minimum atomic E-state index is -3.49. The number of hydrogen-bond acceptors (Lipinski definition) is 12. The lowest BCUT2D eigenvalue weighted by atomic mass is 10.7. The van der Waals surface area contributed by atoms with Gasteiger partial charge in [-0.1, -0.05) is 0 Å². The molecule has 0 unspecified atom stereocenters. The van der Waals surface area contributed by atoms with Crippen LogP contribution in [0.4, 0.5) is 0 Å². The Hall–Kier alpha value is 2.64. The van der Waals surface area contributed by atoms with Gasteiger partial charge in [-0.15, -0.1) is 0 Å². The monoisotopic (exact) mass is 1820 g/mol. The van der Waals surface area contributed by atoms with Crippen molar-refractivity contribution in [2.24, 2.45) is 41.9 Å². The van der Waals surface area contributed by atoms with E-state index in [2.05, 4.69) is 385 Å². The first-order valence-electron chi connectivity index (χ1n) is 34.3. The van der Waals surface area contributed by atoms with Crippen molar-refractivity contribution in [3.8, 4) is 0 Å². The van der Waals surface area contributed by atoms with E-state index in [-0.39, 0.29) is 24.8 Å². The number of ether oxygens (including phenoxy) is 2.